The number of furan rings is 1. The van der Waals surface area contributed by atoms with Crippen molar-refractivity contribution in [2.45, 2.75) is 5.41 Å². The van der Waals surface area contributed by atoms with Crippen LogP contribution in [0.15, 0.2) is 241 Å². The SMILES string of the molecule is c1ccc(-c2ccc(-c3nc(-c4ccccc4)nc(-c4cccc5oc6ccc(-c7ccc(-c8cccc9c8-c8ccccc8C98c9ccccc9-c9ccccc98)cc7)cc6c45)n3)cc2)cc1. The summed E-state index contributed by atoms with van der Waals surface area (Å²) in [5.41, 5.74) is 21.5. The number of hydrogen-bond donors (Lipinski definition) is 0. The zero-order chi connectivity index (χ0) is 44.8. The second-order valence-corrected chi connectivity index (χ2v) is 17.8. The minimum Gasteiger partial charge on any atom is -0.456 e. The van der Waals surface area contributed by atoms with E-state index in [0.717, 1.165) is 60.9 Å². The van der Waals surface area contributed by atoms with Gasteiger partial charge in [0.1, 0.15) is 11.2 Å². The lowest BCUT2D eigenvalue weighted by Crippen LogP contribution is -2.25. The number of nitrogens with zero attached hydrogens (tertiary/aromatic N) is 3. The predicted octanol–water partition coefficient (Wildman–Crippen LogP) is 16.1. The zero-order valence-corrected chi connectivity index (χ0v) is 36.8. The summed E-state index contributed by atoms with van der Waals surface area (Å²) in [5, 5.41) is 1.98. The third kappa shape index (κ3) is 5.71. The molecule has 0 fully saturated rings. The third-order valence-electron chi connectivity index (χ3n) is 14.2. The van der Waals surface area contributed by atoms with Crippen LogP contribution in [0.1, 0.15) is 22.3 Å². The van der Waals surface area contributed by atoms with E-state index in [4.69, 9.17) is 19.4 Å². The van der Waals surface area contributed by atoms with Gasteiger partial charge < -0.3 is 4.42 Å². The Morgan fingerprint density at radius 1 is 0.279 bits per heavy atom. The summed E-state index contributed by atoms with van der Waals surface area (Å²) in [7, 11) is 0. The van der Waals surface area contributed by atoms with Crippen molar-refractivity contribution in [1.29, 1.82) is 0 Å². The van der Waals surface area contributed by atoms with Crippen molar-refractivity contribution in [2.75, 3.05) is 0 Å². The molecular formula is C64H39N3O. The van der Waals surface area contributed by atoms with Crippen molar-refractivity contribution >= 4 is 21.9 Å². The van der Waals surface area contributed by atoms with E-state index in [1.807, 2.05) is 48.5 Å². The Hall–Kier alpha value is -8.99. The molecule has 4 nitrogen and oxygen atoms in total. The molecule has 0 atom stereocenters. The highest BCUT2D eigenvalue weighted by molar-refractivity contribution is 6.13. The van der Waals surface area contributed by atoms with Crippen molar-refractivity contribution in [1.82, 2.24) is 15.0 Å². The number of fused-ring (bicyclic) bond motifs is 13. The van der Waals surface area contributed by atoms with Crippen LogP contribution in [-0.4, -0.2) is 15.0 Å². The molecule has 2 aliphatic carbocycles. The summed E-state index contributed by atoms with van der Waals surface area (Å²) in [6, 6.07) is 84.5. The van der Waals surface area contributed by atoms with Crippen LogP contribution in [0.2, 0.25) is 0 Å². The van der Waals surface area contributed by atoms with Gasteiger partial charge in [-0.25, -0.2) is 15.0 Å². The molecule has 12 aromatic rings. The Morgan fingerprint density at radius 3 is 1.40 bits per heavy atom. The van der Waals surface area contributed by atoms with Crippen LogP contribution in [0.5, 0.6) is 0 Å². The van der Waals surface area contributed by atoms with E-state index in [1.54, 1.807) is 0 Å². The second kappa shape index (κ2) is 15.0. The first kappa shape index (κ1) is 38.3. The highest BCUT2D eigenvalue weighted by Gasteiger charge is 2.51. The Labute approximate surface area is 393 Å². The van der Waals surface area contributed by atoms with E-state index in [-0.39, 0.29) is 5.41 Å². The van der Waals surface area contributed by atoms with Crippen molar-refractivity contribution in [3.63, 3.8) is 0 Å². The summed E-state index contributed by atoms with van der Waals surface area (Å²) < 4.78 is 6.55. The molecule has 0 saturated heterocycles. The molecule has 0 unspecified atom stereocenters. The average Bonchev–Trinajstić information content (AvgIpc) is 4.05. The van der Waals surface area contributed by atoms with Crippen molar-refractivity contribution in [3.05, 3.63) is 259 Å². The van der Waals surface area contributed by atoms with E-state index in [1.165, 1.54) is 55.6 Å². The molecule has 0 bridgehead atoms. The fourth-order valence-electron chi connectivity index (χ4n) is 11.2. The summed E-state index contributed by atoms with van der Waals surface area (Å²) in [6.07, 6.45) is 0. The molecule has 1 spiro atoms. The van der Waals surface area contributed by atoms with Gasteiger partial charge >= 0.3 is 0 Å². The average molecular weight is 866 g/mol. The summed E-state index contributed by atoms with van der Waals surface area (Å²) in [5.74, 6) is 1.82. The molecule has 68 heavy (non-hydrogen) atoms. The molecule has 0 saturated carbocycles. The predicted molar refractivity (Wildman–Crippen MR) is 276 cm³/mol. The Balaban J connectivity index is 0.868. The van der Waals surface area contributed by atoms with E-state index >= 15 is 0 Å². The zero-order valence-electron chi connectivity index (χ0n) is 36.8. The standard InChI is InChI=1S/C64H39N3O/c1-3-15-40(16-4-1)41-31-35-45(36-32-41)62-65-61(44-17-5-2-6-18-44)66-63(67-62)51-23-14-28-58-60(51)52-39-46(37-38-57(52)68-58)42-29-33-43(34-30-42)47-22-13-27-56-59(47)50-21-9-12-26-55(50)64(56)53-24-10-7-19-48(53)49-20-8-11-25-54(49)64/h1-39H. The van der Waals surface area contributed by atoms with E-state index in [0.29, 0.717) is 17.5 Å². The Morgan fingerprint density at radius 2 is 0.721 bits per heavy atom. The van der Waals surface area contributed by atoms with Gasteiger partial charge in [-0.1, -0.05) is 218 Å². The highest BCUT2D eigenvalue weighted by atomic mass is 16.3. The van der Waals surface area contributed by atoms with Crippen LogP contribution in [-0.2, 0) is 5.41 Å². The van der Waals surface area contributed by atoms with Gasteiger partial charge in [-0.15, -0.1) is 0 Å². The van der Waals surface area contributed by atoms with Crippen LogP contribution in [0.25, 0.3) is 112 Å². The van der Waals surface area contributed by atoms with Crippen molar-refractivity contribution < 1.29 is 4.42 Å². The highest BCUT2D eigenvalue weighted by Crippen LogP contribution is 2.64. The maximum atomic E-state index is 6.55. The minimum absolute atomic E-state index is 0.378. The molecule has 0 aliphatic heterocycles. The summed E-state index contributed by atoms with van der Waals surface area (Å²) in [4.78, 5) is 15.4. The molecule has 4 heteroatoms. The first-order valence-electron chi connectivity index (χ1n) is 23.2. The molecule has 2 heterocycles. The van der Waals surface area contributed by atoms with Gasteiger partial charge in [0.15, 0.2) is 17.5 Å². The van der Waals surface area contributed by atoms with E-state index < -0.39 is 0 Å². The molecule has 0 amide bonds. The van der Waals surface area contributed by atoms with Gasteiger partial charge in [-0.3, -0.25) is 0 Å². The Kier molecular flexibility index (Phi) is 8.46. The fourth-order valence-corrected chi connectivity index (χ4v) is 11.2. The molecule has 0 N–H and O–H groups in total. The van der Waals surface area contributed by atoms with Crippen LogP contribution in [0.4, 0.5) is 0 Å². The van der Waals surface area contributed by atoms with Crippen molar-refractivity contribution in [3.8, 4) is 89.8 Å². The molecule has 14 rings (SSSR count). The maximum Gasteiger partial charge on any atom is 0.164 e. The van der Waals surface area contributed by atoms with E-state index in [2.05, 4.69) is 188 Å². The minimum atomic E-state index is -0.378. The topological polar surface area (TPSA) is 51.8 Å². The normalized spacial score (nSPS) is 12.8. The number of aromatic nitrogens is 3. The Bertz CT molecular complexity index is 3900. The van der Waals surface area contributed by atoms with Crippen LogP contribution >= 0.6 is 0 Å². The first-order chi connectivity index (χ1) is 33.7. The monoisotopic (exact) mass is 865 g/mol. The number of hydrogen-bond acceptors (Lipinski definition) is 4. The fraction of sp³-hybridized carbons (Fsp3) is 0.0156. The third-order valence-corrected chi connectivity index (χ3v) is 14.2. The number of rotatable bonds is 6. The smallest absolute Gasteiger partial charge is 0.164 e. The second-order valence-electron chi connectivity index (χ2n) is 17.8. The quantitative estimate of drug-likeness (QED) is 0.167. The molecule has 2 aliphatic rings. The summed E-state index contributed by atoms with van der Waals surface area (Å²) in [6.45, 7) is 0. The van der Waals surface area contributed by atoms with Crippen LogP contribution in [0.3, 0.4) is 0 Å². The van der Waals surface area contributed by atoms with Crippen LogP contribution in [0, 0.1) is 0 Å². The molecule has 10 aromatic carbocycles. The largest absolute Gasteiger partial charge is 0.456 e. The molecule has 0 radical (unpaired) electrons. The maximum absolute atomic E-state index is 6.55. The van der Waals surface area contributed by atoms with Gasteiger partial charge in [0, 0.05) is 27.5 Å². The first-order valence-corrected chi connectivity index (χ1v) is 23.2. The lowest BCUT2D eigenvalue weighted by Gasteiger charge is -2.30. The molecule has 2 aromatic heterocycles. The van der Waals surface area contributed by atoms with Gasteiger partial charge in [-0.05, 0) is 96.1 Å². The molecular weight excluding hydrogens is 827 g/mol. The van der Waals surface area contributed by atoms with Gasteiger partial charge in [-0.2, -0.15) is 0 Å². The van der Waals surface area contributed by atoms with Gasteiger partial charge in [0.2, 0.25) is 0 Å². The number of benzene rings is 10. The summed E-state index contributed by atoms with van der Waals surface area (Å²) >= 11 is 0. The van der Waals surface area contributed by atoms with Gasteiger partial charge in [0.25, 0.3) is 0 Å². The van der Waals surface area contributed by atoms with E-state index in [9.17, 15) is 0 Å². The molecule has 316 valence electrons. The van der Waals surface area contributed by atoms with Crippen molar-refractivity contribution in [2.24, 2.45) is 0 Å². The lowest BCUT2D eigenvalue weighted by molar-refractivity contribution is 0.669. The van der Waals surface area contributed by atoms with Crippen LogP contribution < -0.4 is 0 Å². The lowest BCUT2D eigenvalue weighted by atomic mass is 9.70. The van der Waals surface area contributed by atoms with Gasteiger partial charge in [0.05, 0.1) is 5.41 Å².